The molecule has 1 aromatic rings. The van der Waals surface area contributed by atoms with Gasteiger partial charge in [0.1, 0.15) is 0 Å². The van der Waals surface area contributed by atoms with Crippen molar-refractivity contribution in [1.29, 1.82) is 0 Å². The summed E-state index contributed by atoms with van der Waals surface area (Å²) in [4.78, 5) is 9.95. The Kier molecular flexibility index (Phi) is 9.25. The molecule has 1 aromatic carbocycles. The van der Waals surface area contributed by atoms with E-state index in [1.54, 1.807) is 7.11 Å². The molecule has 2 aliphatic heterocycles. The van der Waals surface area contributed by atoms with Crippen LogP contribution in [0.1, 0.15) is 31.7 Å². The first-order valence-electron chi connectivity index (χ1n) is 11.2. The maximum atomic E-state index is 5.98. The number of nitrogens with zero attached hydrogens (tertiary/aromatic N) is 3. The van der Waals surface area contributed by atoms with Crippen LogP contribution >= 0.6 is 0 Å². The fourth-order valence-electron chi connectivity index (χ4n) is 4.30. The summed E-state index contributed by atoms with van der Waals surface area (Å²) in [5, 5.41) is 3.50. The van der Waals surface area contributed by atoms with E-state index in [0.717, 1.165) is 51.9 Å². The van der Waals surface area contributed by atoms with Crippen molar-refractivity contribution in [3.8, 4) is 0 Å². The van der Waals surface area contributed by atoms with Crippen molar-refractivity contribution in [2.75, 3.05) is 59.6 Å². The van der Waals surface area contributed by atoms with Crippen LogP contribution in [-0.4, -0.2) is 81.4 Å². The van der Waals surface area contributed by atoms with Crippen molar-refractivity contribution in [1.82, 2.24) is 15.1 Å². The number of hydrogen-bond donors (Lipinski definition) is 1. The average molecular weight is 403 g/mol. The zero-order valence-corrected chi connectivity index (χ0v) is 18.2. The summed E-state index contributed by atoms with van der Waals surface area (Å²) in [7, 11) is 1.78. The summed E-state index contributed by atoms with van der Waals surface area (Å²) >= 11 is 0. The van der Waals surface area contributed by atoms with E-state index >= 15 is 0 Å². The Morgan fingerprint density at radius 2 is 2.07 bits per heavy atom. The molecule has 0 spiro atoms. The number of guanidine groups is 1. The molecule has 29 heavy (non-hydrogen) atoms. The standard InChI is InChI=1S/C23H38N4O2/c1-3-24-23(25-16-22-10-7-12-26(22)14-15-28-2)27-13-11-21(17-27)19-29-18-20-8-5-4-6-9-20/h4-6,8-9,21-22H,3,7,10-19H2,1-2H3,(H,24,25). The van der Waals surface area contributed by atoms with E-state index in [0.29, 0.717) is 18.6 Å². The summed E-state index contributed by atoms with van der Waals surface area (Å²) < 4.78 is 11.2. The van der Waals surface area contributed by atoms with Crippen molar-refractivity contribution in [2.45, 2.75) is 38.8 Å². The molecule has 0 aliphatic carbocycles. The Balaban J connectivity index is 1.45. The summed E-state index contributed by atoms with van der Waals surface area (Å²) in [5.41, 5.74) is 1.24. The van der Waals surface area contributed by atoms with Gasteiger partial charge in [-0.1, -0.05) is 30.3 Å². The molecule has 0 aromatic heterocycles. The number of methoxy groups -OCH3 is 1. The quantitative estimate of drug-likeness (QED) is 0.482. The molecule has 2 unspecified atom stereocenters. The van der Waals surface area contributed by atoms with Gasteiger partial charge in [-0.3, -0.25) is 9.89 Å². The SMILES string of the molecule is CCNC(=NCC1CCCN1CCOC)N1CCC(COCc2ccccc2)C1. The minimum absolute atomic E-state index is 0.548. The Labute approximate surface area is 176 Å². The number of likely N-dealkylation sites (tertiary alicyclic amines) is 2. The van der Waals surface area contributed by atoms with E-state index in [1.165, 1.54) is 31.4 Å². The molecular weight excluding hydrogens is 364 g/mol. The molecule has 0 bridgehead atoms. The zero-order valence-electron chi connectivity index (χ0n) is 18.2. The third kappa shape index (κ3) is 6.98. The van der Waals surface area contributed by atoms with Gasteiger partial charge < -0.3 is 19.7 Å². The lowest BCUT2D eigenvalue weighted by molar-refractivity contribution is 0.0906. The molecule has 1 N–H and O–H groups in total. The van der Waals surface area contributed by atoms with Gasteiger partial charge >= 0.3 is 0 Å². The first-order valence-corrected chi connectivity index (χ1v) is 11.2. The van der Waals surface area contributed by atoms with Crippen LogP contribution in [0.15, 0.2) is 35.3 Å². The Hall–Kier alpha value is -1.63. The molecular formula is C23H38N4O2. The number of ether oxygens (including phenoxy) is 2. The van der Waals surface area contributed by atoms with Gasteiger partial charge in [0.25, 0.3) is 0 Å². The van der Waals surface area contributed by atoms with E-state index in [4.69, 9.17) is 14.5 Å². The van der Waals surface area contributed by atoms with Gasteiger partial charge in [-0.2, -0.15) is 0 Å². The van der Waals surface area contributed by atoms with E-state index < -0.39 is 0 Å². The highest BCUT2D eigenvalue weighted by atomic mass is 16.5. The maximum absolute atomic E-state index is 5.98. The lowest BCUT2D eigenvalue weighted by Gasteiger charge is -2.25. The van der Waals surface area contributed by atoms with Crippen LogP contribution in [0.3, 0.4) is 0 Å². The monoisotopic (exact) mass is 402 g/mol. The summed E-state index contributed by atoms with van der Waals surface area (Å²) in [5.74, 6) is 1.64. The minimum Gasteiger partial charge on any atom is -0.383 e. The van der Waals surface area contributed by atoms with Crippen LogP contribution in [0.2, 0.25) is 0 Å². The van der Waals surface area contributed by atoms with Crippen LogP contribution in [0.5, 0.6) is 0 Å². The number of aliphatic imine (C=N–C) groups is 1. The molecule has 2 saturated heterocycles. The molecule has 6 heteroatoms. The first-order chi connectivity index (χ1) is 14.3. The zero-order chi connectivity index (χ0) is 20.3. The van der Waals surface area contributed by atoms with Crippen molar-refractivity contribution in [2.24, 2.45) is 10.9 Å². The predicted octanol–water partition coefficient (Wildman–Crippen LogP) is 2.60. The summed E-state index contributed by atoms with van der Waals surface area (Å²) in [6, 6.07) is 11.0. The van der Waals surface area contributed by atoms with Crippen molar-refractivity contribution in [3.63, 3.8) is 0 Å². The summed E-state index contributed by atoms with van der Waals surface area (Å²) in [6.45, 7) is 10.5. The van der Waals surface area contributed by atoms with Gasteiger partial charge in [0.05, 0.1) is 26.4 Å². The Bertz CT molecular complexity index is 610. The van der Waals surface area contributed by atoms with E-state index in [9.17, 15) is 0 Å². The molecule has 2 atom stereocenters. The van der Waals surface area contributed by atoms with E-state index in [2.05, 4.69) is 46.3 Å². The second-order valence-corrected chi connectivity index (χ2v) is 8.12. The second-order valence-electron chi connectivity index (χ2n) is 8.12. The fraction of sp³-hybridized carbons (Fsp3) is 0.696. The normalized spacial score (nSPS) is 23.1. The minimum atomic E-state index is 0.548. The van der Waals surface area contributed by atoms with Gasteiger partial charge in [0.2, 0.25) is 0 Å². The lowest BCUT2D eigenvalue weighted by Crippen LogP contribution is -2.42. The summed E-state index contributed by atoms with van der Waals surface area (Å²) in [6.07, 6.45) is 3.68. The number of benzene rings is 1. The Morgan fingerprint density at radius 1 is 1.21 bits per heavy atom. The molecule has 6 nitrogen and oxygen atoms in total. The van der Waals surface area contributed by atoms with Gasteiger partial charge in [-0.05, 0) is 38.3 Å². The lowest BCUT2D eigenvalue weighted by atomic mass is 10.1. The number of hydrogen-bond acceptors (Lipinski definition) is 4. The highest BCUT2D eigenvalue weighted by Gasteiger charge is 2.27. The van der Waals surface area contributed by atoms with E-state index in [1.807, 2.05) is 6.07 Å². The van der Waals surface area contributed by atoms with Gasteiger partial charge in [0.15, 0.2) is 5.96 Å². The first kappa shape index (κ1) is 22.1. The second kappa shape index (κ2) is 12.2. The van der Waals surface area contributed by atoms with Crippen LogP contribution in [-0.2, 0) is 16.1 Å². The molecule has 162 valence electrons. The van der Waals surface area contributed by atoms with E-state index in [-0.39, 0.29) is 0 Å². The third-order valence-electron chi connectivity index (χ3n) is 5.92. The number of rotatable bonds is 10. The van der Waals surface area contributed by atoms with Crippen molar-refractivity contribution >= 4 is 5.96 Å². The highest BCUT2D eigenvalue weighted by molar-refractivity contribution is 5.80. The largest absolute Gasteiger partial charge is 0.383 e. The number of nitrogens with one attached hydrogen (secondary N) is 1. The molecule has 0 saturated carbocycles. The smallest absolute Gasteiger partial charge is 0.193 e. The van der Waals surface area contributed by atoms with Crippen LogP contribution in [0.4, 0.5) is 0 Å². The van der Waals surface area contributed by atoms with Crippen LogP contribution < -0.4 is 5.32 Å². The van der Waals surface area contributed by atoms with Gasteiger partial charge in [-0.25, -0.2) is 0 Å². The molecule has 3 rings (SSSR count). The Morgan fingerprint density at radius 3 is 2.86 bits per heavy atom. The fourth-order valence-corrected chi connectivity index (χ4v) is 4.30. The molecule has 2 aliphatic rings. The van der Waals surface area contributed by atoms with Gasteiger partial charge in [-0.15, -0.1) is 0 Å². The average Bonchev–Trinajstić information content (AvgIpc) is 3.40. The van der Waals surface area contributed by atoms with Crippen molar-refractivity contribution < 1.29 is 9.47 Å². The van der Waals surface area contributed by atoms with Crippen molar-refractivity contribution in [3.05, 3.63) is 35.9 Å². The van der Waals surface area contributed by atoms with Crippen LogP contribution in [0.25, 0.3) is 0 Å². The molecule has 2 heterocycles. The topological polar surface area (TPSA) is 49.3 Å². The molecule has 2 fully saturated rings. The van der Waals surface area contributed by atoms with Gasteiger partial charge in [0, 0.05) is 45.2 Å². The highest BCUT2D eigenvalue weighted by Crippen LogP contribution is 2.19. The molecule has 0 radical (unpaired) electrons. The predicted molar refractivity (Wildman–Crippen MR) is 118 cm³/mol. The van der Waals surface area contributed by atoms with Crippen LogP contribution in [0, 0.1) is 5.92 Å². The third-order valence-corrected chi connectivity index (χ3v) is 5.92. The maximum Gasteiger partial charge on any atom is 0.193 e. The molecule has 0 amide bonds.